The maximum absolute atomic E-state index is 9.99. The van der Waals surface area contributed by atoms with Crippen LogP contribution >= 0.6 is 0 Å². The molecule has 0 saturated heterocycles. The first kappa shape index (κ1) is 20.2. The molecule has 0 aromatic carbocycles. The van der Waals surface area contributed by atoms with Gasteiger partial charge in [-0.1, -0.05) is 65.2 Å². The first-order chi connectivity index (χ1) is 12.7. The highest BCUT2D eigenvalue weighted by atomic mass is 14.5. The summed E-state index contributed by atoms with van der Waals surface area (Å²) < 4.78 is 0. The Hall–Kier alpha value is -0.510. The van der Waals surface area contributed by atoms with E-state index >= 15 is 0 Å². The number of hydrogen-bond donors (Lipinski definition) is 0. The summed E-state index contributed by atoms with van der Waals surface area (Å²) in [4.78, 5) is 0. The molecule has 3 aliphatic carbocycles. The molecule has 0 N–H and O–H groups in total. The Labute approximate surface area is 163 Å². The molecular weight excluding hydrogens is 314 g/mol. The summed E-state index contributed by atoms with van der Waals surface area (Å²) in [5, 5.41) is 9.99. The number of fused-ring (bicyclic) bond motifs is 3. The lowest BCUT2D eigenvalue weighted by atomic mass is 9.52. The molecule has 4 unspecified atom stereocenters. The first-order valence-corrected chi connectivity index (χ1v) is 12.1. The van der Waals surface area contributed by atoms with Crippen molar-refractivity contribution in [3.8, 4) is 6.07 Å². The third kappa shape index (κ3) is 4.66. The van der Waals surface area contributed by atoms with Crippen molar-refractivity contribution >= 4 is 0 Å². The van der Waals surface area contributed by atoms with Crippen molar-refractivity contribution in [1.29, 1.82) is 5.26 Å². The molecule has 6 atom stereocenters. The van der Waals surface area contributed by atoms with Gasteiger partial charge in [-0.3, -0.25) is 0 Å². The minimum Gasteiger partial charge on any atom is -0.198 e. The van der Waals surface area contributed by atoms with Crippen molar-refractivity contribution in [2.24, 2.45) is 35.0 Å². The number of nitrogens with zero attached hydrogens (tertiary/aromatic N) is 1. The maximum Gasteiger partial charge on any atom is 0.0689 e. The normalized spacial score (nSPS) is 39.7. The van der Waals surface area contributed by atoms with E-state index in [-0.39, 0.29) is 5.41 Å². The lowest BCUT2D eigenvalue weighted by molar-refractivity contribution is -0.0181. The van der Waals surface area contributed by atoms with Gasteiger partial charge in [0.25, 0.3) is 0 Å². The summed E-state index contributed by atoms with van der Waals surface area (Å²) in [6.45, 7) is 4.61. The van der Waals surface area contributed by atoms with Gasteiger partial charge in [0.15, 0.2) is 0 Å². The molecule has 0 aromatic rings. The van der Waals surface area contributed by atoms with Gasteiger partial charge in [0.05, 0.1) is 11.5 Å². The van der Waals surface area contributed by atoms with Crippen molar-refractivity contribution in [2.45, 2.75) is 117 Å². The van der Waals surface area contributed by atoms with Gasteiger partial charge in [0, 0.05) is 0 Å². The highest BCUT2D eigenvalue weighted by molar-refractivity contribution is 5.06. The number of unbranched alkanes of at least 4 members (excludes halogenated alkanes) is 4. The Balaban J connectivity index is 1.54. The summed E-state index contributed by atoms with van der Waals surface area (Å²) in [5.74, 6) is 4.93. The predicted molar refractivity (Wildman–Crippen MR) is 111 cm³/mol. The second-order valence-corrected chi connectivity index (χ2v) is 10.2. The molecule has 3 fully saturated rings. The molecule has 1 heteroatoms. The number of rotatable bonds is 8. The molecular formula is C25H43N. The van der Waals surface area contributed by atoms with Crippen LogP contribution in [0.4, 0.5) is 0 Å². The van der Waals surface area contributed by atoms with Crippen LogP contribution in [0.25, 0.3) is 0 Å². The van der Waals surface area contributed by atoms with E-state index in [1.807, 2.05) is 0 Å². The summed E-state index contributed by atoms with van der Waals surface area (Å²) in [5.41, 5.74) is 0.0417. The van der Waals surface area contributed by atoms with Crippen LogP contribution in [0.1, 0.15) is 117 Å². The largest absolute Gasteiger partial charge is 0.198 e. The van der Waals surface area contributed by atoms with Crippen LogP contribution in [0.2, 0.25) is 0 Å². The Morgan fingerprint density at radius 1 is 0.846 bits per heavy atom. The fourth-order valence-electron chi connectivity index (χ4n) is 7.05. The molecule has 0 bridgehead atoms. The fraction of sp³-hybridized carbons (Fsp3) is 0.960. The second-order valence-electron chi connectivity index (χ2n) is 10.2. The van der Waals surface area contributed by atoms with E-state index in [1.54, 1.807) is 0 Å². The maximum atomic E-state index is 9.99. The first-order valence-electron chi connectivity index (χ1n) is 12.1. The van der Waals surface area contributed by atoms with Crippen molar-refractivity contribution in [1.82, 2.24) is 0 Å². The molecule has 0 radical (unpaired) electrons. The van der Waals surface area contributed by atoms with Crippen molar-refractivity contribution in [2.75, 3.05) is 0 Å². The standard InChI is InChI=1S/C25H43N/c1-3-5-7-8-15-25(19-26)16-14-24-22(18-25)12-11-21-17-20(9-6-4-2)10-13-23(21)24/h20-24H,3-18H2,1-2H3/t20-,21?,22?,23?,24?,25+/m0/s1. The zero-order chi connectivity index (χ0) is 18.4. The van der Waals surface area contributed by atoms with Gasteiger partial charge in [-0.2, -0.15) is 5.26 Å². The zero-order valence-corrected chi connectivity index (χ0v) is 17.6. The molecule has 3 aliphatic rings. The van der Waals surface area contributed by atoms with Crippen LogP contribution in [-0.4, -0.2) is 0 Å². The lowest BCUT2D eigenvalue weighted by Crippen LogP contribution is -2.44. The molecule has 1 nitrogen and oxygen atoms in total. The predicted octanol–water partition coefficient (Wildman–Crippen LogP) is 7.90. The van der Waals surface area contributed by atoms with E-state index < -0.39 is 0 Å². The SMILES string of the molecule is CCCCCC[C@@]1(C#N)CCC2C(CCC3C[C@@H](CCCC)CCC32)C1. The number of hydrogen-bond acceptors (Lipinski definition) is 1. The molecule has 3 saturated carbocycles. The Morgan fingerprint density at radius 2 is 1.62 bits per heavy atom. The lowest BCUT2D eigenvalue weighted by Gasteiger charge is -2.52. The molecule has 0 amide bonds. The van der Waals surface area contributed by atoms with Crippen molar-refractivity contribution < 1.29 is 0 Å². The summed E-state index contributed by atoms with van der Waals surface area (Å²) in [6.07, 6.45) is 22.0. The smallest absolute Gasteiger partial charge is 0.0689 e. The van der Waals surface area contributed by atoms with Crippen LogP contribution in [0.5, 0.6) is 0 Å². The third-order valence-corrected chi connectivity index (χ3v) is 8.53. The zero-order valence-electron chi connectivity index (χ0n) is 17.6. The van der Waals surface area contributed by atoms with Gasteiger partial charge >= 0.3 is 0 Å². The van der Waals surface area contributed by atoms with Crippen LogP contribution in [-0.2, 0) is 0 Å². The average Bonchev–Trinajstić information content (AvgIpc) is 2.69. The molecule has 0 aromatic heterocycles. The summed E-state index contributed by atoms with van der Waals surface area (Å²) in [7, 11) is 0. The van der Waals surface area contributed by atoms with E-state index in [1.165, 1.54) is 103 Å². The molecule has 148 valence electrons. The van der Waals surface area contributed by atoms with E-state index in [2.05, 4.69) is 19.9 Å². The van der Waals surface area contributed by atoms with E-state index in [0.29, 0.717) is 0 Å². The van der Waals surface area contributed by atoms with Crippen molar-refractivity contribution in [3.05, 3.63) is 0 Å². The second kappa shape index (κ2) is 9.61. The monoisotopic (exact) mass is 357 g/mol. The van der Waals surface area contributed by atoms with Crippen molar-refractivity contribution in [3.63, 3.8) is 0 Å². The average molecular weight is 358 g/mol. The Kier molecular flexibility index (Phi) is 7.48. The highest BCUT2D eigenvalue weighted by Crippen LogP contribution is 2.57. The quantitative estimate of drug-likeness (QED) is 0.405. The van der Waals surface area contributed by atoms with Gasteiger partial charge in [-0.05, 0) is 81.0 Å². The topological polar surface area (TPSA) is 23.8 Å². The third-order valence-electron chi connectivity index (χ3n) is 8.53. The highest BCUT2D eigenvalue weighted by Gasteiger charge is 2.48. The molecule has 0 aliphatic heterocycles. The molecule has 26 heavy (non-hydrogen) atoms. The van der Waals surface area contributed by atoms with Gasteiger partial charge in [-0.25, -0.2) is 0 Å². The fourth-order valence-corrected chi connectivity index (χ4v) is 7.05. The van der Waals surface area contributed by atoms with Gasteiger partial charge in [-0.15, -0.1) is 0 Å². The number of nitriles is 1. The van der Waals surface area contributed by atoms with Crippen LogP contribution in [0.3, 0.4) is 0 Å². The van der Waals surface area contributed by atoms with Crippen LogP contribution in [0, 0.1) is 46.3 Å². The summed E-state index contributed by atoms with van der Waals surface area (Å²) >= 11 is 0. The van der Waals surface area contributed by atoms with Gasteiger partial charge in [0.2, 0.25) is 0 Å². The molecule has 0 heterocycles. The molecule has 0 spiro atoms. The van der Waals surface area contributed by atoms with Gasteiger partial charge < -0.3 is 0 Å². The Bertz CT molecular complexity index is 463. The Morgan fingerprint density at radius 3 is 2.38 bits per heavy atom. The van der Waals surface area contributed by atoms with E-state index in [4.69, 9.17) is 0 Å². The van der Waals surface area contributed by atoms with Crippen LogP contribution in [0.15, 0.2) is 0 Å². The summed E-state index contributed by atoms with van der Waals surface area (Å²) in [6, 6.07) is 2.83. The minimum atomic E-state index is 0.0417. The van der Waals surface area contributed by atoms with Gasteiger partial charge in [0.1, 0.15) is 0 Å². The molecule has 3 rings (SSSR count). The van der Waals surface area contributed by atoms with Crippen LogP contribution < -0.4 is 0 Å². The van der Waals surface area contributed by atoms with E-state index in [9.17, 15) is 5.26 Å². The van der Waals surface area contributed by atoms with E-state index in [0.717, 1.165) is 29.6 Å². The minimum absolute atomic E-state index is 0.0417.